The molecular weight excluding hydrogens is 589 g/mol. The third kappa shape index (κ3) is 8.62. The van der Waals surface area contributed by atoms with Crippen molar-refractivity contribution in [2.75, 3.05) is 18.5 Å². The van der Waals surface area contributed by atoms with Gasteiger partial charge in [0.25, 0.3) is 0 Å². The van der Waals surface area contributed by atoms with Crippen LogP contribution < -0.4 is 10.2 Å². The number of hydrogen-bond acceptors (Lipinski definition) is 4. The van der Waals surface area contributed by atoms with E-state index >= 15 is 0 Å². The molecule has 1 aromatic heterocycles. The molecule has 1 heterocycles. The number of carboxylic acid groups (broad SMARTS) is 2. The van der Waals surface area contributed by atoms with Gasteiger partial charge in [-0.25, -0.2) is 19.4 Å². The van der Waals surface area contributed by atoms with Crippen molar-refractivity contribution in [3.05, 3.63) is 77.6 Å². The van der Waals surface area contributed by atoms with Crippen molar-refractivity contribution in [2.45, 2.75) is 59.1 Å². The number of aromatic carboxylic acids is 1. The number of imidazole rings is 1. The van der Waals surface area contributed by atoms with Gasteiger partial charge >= 0.3 is 24.1 Å². The van der Waals surface area contributed by atoms with Gasteiger partial charge in [0.05, 0.1) is 16.6 Å². The third-order valence-electron chi connectivity index (χ3n) is 7.12. The molecule has 0 bridgehead atoms. The molecule has 3 aromatic carbocycles. The van der Waals surface area contributed by atoms with Crippen LogP contribution in [0.2, 0.25) is 0 Å². The number of aliphatic carboxylic acids is 1. The van der Waals surface area contributed by atoms with Crippen LogP contribution in [0, 0.1) is 6.92 Å². The molecule has 240 valence electrons. The Hall–Kier alpha value is -4.87. The minimum atomic E-state index is -5.08. The molecule has 0 unspecified atom stereocenters. The van der Waals surface area contributed by atoms with Crippen LogP contribution >= 0.6 is 0 Å². The first-order valence-electron chi connectivity index (χ1n) is 14.6. The molecule has 12 heteroatoms. The lowest BCUT2D eigenvalue weighted by Gasteiger charge is -2.19. The van der Waals surface area contributed by atoms with Gasteiger partial charge in [0.15, 0.2) is 0 Å². The molecule has 9 nitrogen and oxygen atoms in total. The highest BCUT2D eigenvalue weighted by Gasteiger charge is 2.38. The van der Waals surface area contributed by atoms with Crippen molar-refractivity contribution in [2.24, 2.45) is 0 Å². The lowest BCUT2D eigenvalue weighted by molar-refractivity contribution is -0.192. The van der Waals surface area contributed by atoms with Crippen LogP contribution in [-0.4, -0.2) is 57.5 Å². The zero-order valence-corrected chi connectivity index (χ0v) is 25.6. The van der Waals surface area contributed by atoms with Gasteiger partial charge in [-0.1, -0.05) is 51.0 Å². The molecule has 4 aromatic rings. The topological polar surface area (TPSA) is 125 Å². The third-order valence-corrected chi connectivity index (χ3v) is 7.12. The maximum Gasteiger partial charge on any atom is 0.490 e. The highest BCUT2D eigenvalue weighted by molar-refractivity contribution is 5.97. The Kier molecular flexibility index (Phi) is 11.7. The second-order valence-electron chi connectivity index (χ2n) is 10.4. The number of carboxylic acids is 2. The standard InChI is InChI=1S/C31H36N4O3.C2HF3O2/c1-5-7-13-29-33-27-17-15-22(34(4)31(38)32-18-8-6-2)20-28(27)35(29)23-14-16-24(21(3)19-23)25-11-9-10-12-26(25)30(36)37;3-2(4,5)1(6)7/h9-12,14-17,19-20H,5-8,13,18H2,1-4H3,(H,32,38)(H,36,37);(H,6,7). The number of anilines is 1. The summed E-state index contributed by atoms with van der Waals surface area (Å²) in [7, 11) is 1.78. The first-order valence-corrected chi connectivity index (χ1v) is 14.6. The fraction of sp³-hybridized carbons (Fsp3) is 0.333. The first-order chi connectivity index (χ1) is 21.3. The van der Waals surface area contributed by atoms with E-state index in [9.17, 15) is 27.9 Å². The number of benzene rings is 3. The van der Waals surface area contributed by atoms with Crippen LogP contribution in [0.1, 0.15) is 61.3 Å². The van der Waals surface area contributed by atoms with E-state index in [0.717, 1.165) is 71.5 Å². The average molecular weight is 627 g/mol. The van der Waals surface area contributed by atoms with E-state index in [-0.39, 0.29) is 11.6 Å². The number of nitrogens with one attached hydrogen (secondary N) is 1. The largest absolute Gasteiger partial charge is 0.490 e. The number of hydrogen-bond donors (Lipinski definition) is 3. The normalized spacial score (nSPS) is 11.1. The molecule has 2 amide bonds. The highest BCUT2D eigenvalue weighted by Crippen LogP contribution is 2.32. The zero-order valence-electron chi connectivity index (χ0n) is 25.6. The Morgan fingerprint density at radius 2 is 1.60 bits per heavy atom. The minimum Gasteiger partial charge on any atom is -0.478 e. The zero-order chi connectivity index (χ0) is 33.3. The highest BCUT2D eigenvalue weighted by atomic mass is 19.4. The number of alkyl halides is 3. The van der Waals surface area contributed by atoms with Crippen LogP contribution in [0.5, 0.6) is 0 Å². The molecule has 3 N–H and O–H groups in total. The summed E-state index contributed by atoms with van der Waals surface area (Å²) in [6.45, 7) is 6.91. The number of aromatic nitrogens is 2. The van der Waals surface area contributed by atoms with Crippen LogP contribution in [0.15, 0.2) is 60.7 Å². The number of carbonyl (C=O) groups excluding carboxylic acids is 1. The minimum absolute atomic E-state index is 0.132. The van der Waals surface area contributed by atoms with Crippen LogP contribution in [0.3, 0.4) is 0 Å². The maximum atomic E-state index is 12.7. The number of nitrogens with zero attached hydrogens (tertiary/aromatic N) is 3. The number of fused-ring (bicyclic) bond motifs is 1. The molecule has 0 radical (unpaired) electrons. The lowest BCUT2D eigenvalue weighted by Crippen LogP contribution is -2.37. The Labute approximate surface area is 259 Å². The molecule has 0 fully saturated rings. The maximum absolute atomic E-state index is 12.7. The van der Waals surface area contributed by atoms with Crippen molar-refractivity contribution in [3.63, 3.8) is 0 Å². The molecular formula is C33H37F3N4O5. The van der Waals surface area contributed by atoms with Gasteiger partial charge in [-0.3, -0.25) is 9.47 Å². The van der Waals surface area contributed by atoms with Crippen LogP contribution in [-0.2, 0) is 11.2 Å². The van der Waals surface area contributed by atoms with Gasteiger partial charge in [0, 0.05) is 31.4 Å². The number of aryl methyl sites for hydroxylation is 2. The SMILES string of the molecule is CCCCNC(=O)N(C)c1ccc2nc(CCCC)n(-c3ccc(-c4ccccc4C(=O)O)c(C)c3)c2c1.O=C(O)C(F)(F)F. The fourth-order valence-corrected chi connectivity index (χ4v) is 4.71. The molecule has 0 aliphatic heterocycles. The van der Waals surface area contributed by atoms with Crippen molar-refractivity contribution in [1.82, 2.24) is 14.9 Å². The second kappa shape index (κ2) is 15.2. The van der Waals surface area contributed by atoms with Crippen molar-refractivity contribution >= 4 is 34.7 Å². The molecule has 0 saturated heterocycles. The van der Waals surface area contributed by atoms with Gasteiger partial charge in [0.1, 0.15) is 5.82 Å². The van der Waals surface area contributed by atoms with Crippen molar-refractivity contribution in [3.8, 4) is 16.8 Å². The van der Waals surface area contributed by atoms with E-state index in [1.807, 2.05) is 49.4 Å². The van der Waals surface area contributed by atoms with Gasteiger partial charge in [-0.15, -0.1) is 0 Å². The fourth-order valence-electron chi connectivity index (χ4n) is 4.71. The van der Waals surface area contributed by atoms with Gasteiger partial charge < -0.3 is 15.5 Å². The Bertz CT molecular complexity index is 1670. The van der Waals surface area contributed by atoms with Gasteiger partial charge in [-0.2, -0.15) is 13.2 Å². The summed E-state index contributed by atoms with van der Waals surface area (Å²) in [5.41, 5.74) is 6.39. The van der Waals surface area contributed by atoms with E-state index < -0.39 is 18.1 Å². The second-order valence-corrected chi connectivity index (χ2v) is 10.4. The molecule has 0 saturated carbocycles. The quantitative estimate of drug-likeness (QED) is 0.156. The smallest absolute Gasteiger partial charge is 0.478 e. The molecule has 0 atom stereocenters. The lowest BCUT2D eigenvalue weighted by atomic mass is 9.95. The predicted octanol–water partition coefficient (Wildman–Crippen LogP) is 7.62. The number of urea groups is 1. The number of halogens is 3. The molecule has 45 heavy (non-hydrogen) atoms. The van der Waals surface area contributed by atoms with E-state index in [4.69, 9.17) is 14.9 Å². The molecule has 0 spiro atoms. The van der Waals surface area contributed by atoms with E-state index in [1.165, 1.54) is 0 Å². The van der Waals surface area contributed by atoms with E-state index in [0.29, 0.717) is 12.1 Å². The average Bonchev–Trinajstić information content (AvgIpc) is 3.37. The molecule has 0 aliphatic carbocycles. The summed E-state index contributed by atoms with van der Waals surface area (Å²) in [6.07, 6.45) is -0.219. The summed E-state index contributed by atoms with van der Waals surface area (Å²) >= 11 is 0. The number of unbranched alkanes of at least 4 members (excludes halogenated alkanes) is 2. The monoisotopic (exact) mass is 626 g/mol. The molecule has 4 rings (SSSR count). The Morgan fingerprint density at radius 1 is 0.933 bits per heavy atom. The number of carbonyl (C=O) groups is 3. The summed E-state index contributed by atoms with van der Waals surface area (Å²) in [5.74, 6) is -2.73. The Morgan fingerprint density at radius 3 is 2.20 bits per heavy atom. The number of amides is 2. The predicted molar refractivity (Wildman–Crippen MR) is 167 cm³/mol. The van der Waals surface area contributed by atoms with Crippen molar-refractivity contribution in [1.29, 1.82) is 0 Å². The van der Waals surface area contributed by atoms with E-state index in [2.05, 4.69) is 29.8 Å². The van der Waals surface area contributed by atoms with E-state index in [1.54, 1.807) is 24.1 Å². The van der Waals surface area contributed by atoms with Crippen molar-refractivity contribution < 1.29 is 37.8 Å². The summed E-state index contributed by atoms with van der Waals surface area (Å²) in [5, 5.41) is 19.8. The van der Waals surface area contributed by atoms with Crippen LogP contribution in [0.25, 0.3) is 27.8 Å². The van der Waals surface area contributed by atoms with Gasteiger partial charge in [-0.05, 0) is 72.9 Å². The Balaban J connectivity index is 0.000000707. The summed E-state index contributed by atoms with van der Waals surface area (Å²) in [6, 6.07) is 18.9. The van der Waals surface area contributed by atoms with Gasteiger partial charge in [0.2, 0.25) is 0 Å². The first kappa shape index (κ1) is 34.6. The summed E-state index contributed by atoms with van der Waals surface area (Å²) in [4.78, 5) is 40.0. The number of rotatable bonds is 10. The summed E-state index contributed by atoms with van der Waals surface area (Å²) < 4.78 is 33.9. The molecule has 0 aliphatic rings. The van der Waals surface area contributed by atoms with Crippen LogP contribution in [0.4, 0.5) is 23.7 Å².